The monoisotopic (exact) mass is 253 g/mol. The molecule has 3 heteroatoms. The van der Waals surface area contributed by atoms with E-state index in [0.717, 1.165) is 29.3 Å². The number of ether oxygens (including phenoxy) is 1. The van der Waals surface area contributed by atoms with E-state index in [2.05, 4.69) is 25.7 Å². The molecule has 1 aromatic rings. The highest BCUT2D eigenvalue weighted by molar-refractivity contribution is 6.30. The molecule has 0 bridgehead atoms. The highest BCUT2D eigenvalue weighted by Gasteiger charge is 2.11. The second kappa shape index (κ2) is 7.36. The van der Waals surface area contributed by atoms with Crippen molar-refractivity contribution in [1.29, 1.82) is 0 Å². The first-order valence-corrected chi connectivity index (χ1v) is 6.33. The van der Waals surface area contributed by atoms with Crippen molar-refractivity contribution in [2.75, 3.05) is 13.2 Å². The zero-order valence-corrected chi connectivity index (χ0v) is 11.3. The Bertz CT molecular complexity index is 365. The summed E-state index contributed by atoms with van der Waals surface area (Å²) in [4.78, 5) is 0. The molecule has 0 fully saturated rings. The summed E-state index contributed by atoms with van der Waals surface area (Å²) in [5.41, 5.74) is 1.10. The molecule has 0 radical (unpaired) electrons. The van der Waals surface area contributed by atoms with E-state index in [9.17, 15) is 0 Å². The van der Waals surface area contributed by atoms with Crippen LogP contribution in [0, 0.1) is 0 Å². The van der Waals surface area contributed by atoms with Crippen LogP contribution in [-0.2, 0) is 0 Å². The highest BCUT2D eigenvalue weighted by atomic mass is 35.5. The minimum atomic E-state index is 0.234. The maximum atomic E-state index is 6.02. The lowest BCUT2D eigenvalue weighted by Crippen LogP contribution is -2.18. The molecule has 0 aliphatic rings. The molecular formula is C14H20ClNO. The number of rotatable bonds is 7. The number of halogens is 1. The molecule has 0 amide bonds. The second-order valence-electron chi connectivity index (χ2n) is 3.89. The Kier molecular flexibility index (Phi) is 6.09. The lowest BCUT2D eigenvalue weighted by molar-refractivity contribution is 0.318. The first-order chi connectivity index (χ1) is 8.19. The average Bonchev–Trinajstić information content (AvgIpc) is 2.31. The SMILES string of the molecule is C=CCCOc1ccc(Cl)cc1C(C)NCC. The Morgan fingerprint density at radius 2 is 2.29 bits per heavy atom. The van der Waals surface area contributed by atoms with Crippen molar-refractivity contribution in [2.24, 2.45) is 0 Å². The Balaban J connectivity index is 2.82. The van der Waals surface area contributed by atoms with Gasteiger partial charge in [0.15, 0.2) is 0 Å². The molecule has 1 rings (SSSR count). The summed E-state index contributed by atoms with van der Waals surface area (Å²) in [6.45, 7) is 9.44. The third-order valence-corrected chi connectivity index (χ3v) is 2.76. The summed E-state index contributed by atoms with van der Waals surface area (Å²) in [7, 11) is 0. The van der Waals surface area contributed by atoms with E-state index in [1.807, 2.05) is 24.3 Å². The van der Waals surface area contributed by atoms with Crippen LogP contribution >= 0.6 is 11.6 Å². The van der Waals surface area contributed by atoms with Crippen LogP contribution in [0.15, 0.2) is 30.9 Å². The molecular weight excluding hydrogens is 234 g/mol. The van der Waals surface area contributed by atoms with Crippen LogP contribution in [0.4, 0.5) is 0 Å². The maximum absolute atomic E-state index is 6.02. The topological polar surface area (TPSA) is 21.3 Å². The van der Waals surface area contributed by atoms with Crippen LogP contribution in [0.3, 0.4) is 0 Å². The molecule has 0 aromatic heterocycles. The van der Waals surface area contributed by atoms with Gasteiger partial charge in [-0.3, -0.25) is 0 Å². The number of hydrogen-bond acceptors (Lipinski definition) is 2. The molecule has 0 saturated carbocycles. The van der Waals surface area contributed by atoms with Crippen molar-refractivity contribution in [1.82, 2.24) is 5.32 Å². The van der Waals surface area contributed by atoms with Crippen LogP contribution in [0.5, 0.6) is 5.75 Å². The summed E-state index contributed by atoms with van der Waals surface area (Å²) in [6, 6.07) is 5.97. The lowest BCUT2D eigenvalue weighted by Gasteiger charge is -2.17. The fourth-order valence-electron chi connectivity index (χ4n) is 1.66. The Labute approximate surface area is 109 Å². The zero-order valence-electron chi connectivity index (χ0n) is 10.5. The summed E-state index contributed by atoms with van der Waals surface area (Å²) in [6.07, 6.45) is 2.70. The molecule has 0 aliphatic heterocycles. The molecule has 0 spiro atoms. The number of nitrogens with one attached hydrogen (secondary N) is 1. The van der Waals surface area contributed by atoms with Crippen LogP contribution in [0.1, 0.15) is 31.9 Å². The predicted molar refractivity (Wildman–Crippen MR) is 73.9 cm³/mol. The summed E-state index contributed by atoms with van der Waals surface area (Å²) in [5, 5.41) is 4.10. The standard InChI is InChI=1S/C14H20ClNO/c1-4-6-9-17-14-8-7-12(15)10-13(14)11(3)16-5-2/h4,7-8,10-11,16H,1,5-6,9H2,2-3H3. The van der Waals surface area contributed by atoms with E-state index in [0.29, 0.717) is 6.61 Å². The van der Waals surface area contributed by atoms with Gasteiger partial charge in [0.25, 0.3) is 0 Å². The normalized spacial score (nSPS) is 12.2. The van der Waals surface area contributed by atoms with E-state index >= 15 is 0 Å². The number of benzene rings is 1. The van der Waals surface area contributed by atoms with Crippen LogP contribution in [-0.4, -0.2) is 13.2 Å². The molecule has 17 heavy (non-hydrogen) atoms. The molecule has 1 N–H and O–H groups in total. The third kappa shape index (κ3) is 4.41. The number of hydrogen-bond donors (Lipinski definition) is 1. The Morgan fingerprint density at radius 1 is 1.53 bits per heavy atom. The van der Waals surface area contributed by atoms with Crippen molar-refractivity contribution in [3.63, 3.8) is 0 Å². The van der Waals surface area contributed by atoms with Gasteiger partial charge in [-0.1, -0.05) is 24.6 Å². The minimum absolute atomic E-state index is 0.234. The Hall–Kier alpha value is -0.990. The van der Waals surface area contributed by atoms with E-state index in [4.69, 9.17) is 16.3 Å². The van der Waals surface area contributed by atoms with Crippen molar-refractivity contribution in [3.8, 4) is 5.75 Å². The van der Waals surface area contributed by atoms with Crippen LogP contribution in [0.25, 0.3) is 0 Å². The summed E-state index contributed by atoms with van der Waals surface area (Å²) >= 11 is 6.02. The van der Waals surface area contributed by atoms with E-state index in [1.165, 1.54) is 0 Å². The maximum Gasteiger partial charge on any atom is 0.124 e. The van der Waals surface area contributed by atoms with Gasteiger partial charge in [0, 0.05) is 16.6 Å². The molecule has 0 heterocycles. The van der Waals surface area contributed by atoms with Gasteiger partial charge in [0.2, 0.25) is 0 Å². The van der Waals surface area contributed by atoms with E-state index in [1.54, 1.807) is 0 Å². The van der Waals surface area contributed by atoms with Crippen LogP contribution in [0.2, 0.25) is 5.02 Å². The van der Waals surface area contributed by atoms with Crippen molar-refractivity contribution in [3.05, 3.63) is 41.4 Å². The second-order valence-corrected chi connectivity index (χ2v) is 4.32. The van der Waals surface area contributed by atoms with Crippen molar-refractivity contribution < 1.29 is 4.74 Å². The van der Waals surface area contributed by atoms with Gasteiger partial charge in [-0.2, -0.15) is 0 Å². The van der Waals surface area contributed by atoms with Crippen LogP contribution < -0.4 is 10.1 Å². The molecule has 2 nitrogen and oxygen atoms in total. The lowest BCUT2D eigenvalue weighted by atomic mass is 10.1. The van der Waals surface area contributed by atoms with Gasteiger partial charge < -0.3 is 10.1 Å². The predicted octanol–water partition coefficient (Wildman–Crippen LogP) is 3.97. The van der Waals surface area contributed by atoms with Gasteiger partial charge >= 0.3 is 0 Å². The molecule has 0 saturated heterocycles. The quantitative estimate of drug-likeness (QED) is 0.587. The average molecular weight is 254 g/mol. The first-order valence-electron chi connectivity index (χ1n) is 5.95. The van der Waals surface area contributed by atoms with Crippen molar-refractivity contribution in [2.45, 2.75) is 26.3 Å². The molecule has 1 atom stereocenters. The highest BCUT2D eigenvalue weighted by Crippen LogP contribution is 2.28. The molecule has 94 valence electrons. The third-order valence-electron chi connectivity index (χ3n) is 2.53. The largest absolute Gasteiger partial charge is 0.493 e. The van der Waals surface area contributed by atoms with Gasteiger partial charge in [-0.05, 0) is 38.1 Å². The van der Waals surface area contributed by atoms with E-state index < -0.39 is 0 Å². The smallest absolute Gasteiger partial charge is 0.124 e. The molecule has 0 aliphatic carbocycles. The first kappa shape index (κ1) is 14.1. The fraction of sp³-hybridized carbons (Fsp3) is 0.429. The van der Waals surface area contributed by atoms with Gasteiger partial charge in [0.1, 0.15) is 5.75 Å². The van der Waals surface area contributed by atoms with Gasteiger partial charge in [0.05, 0.1) is 6.61 Å². The summed E-state index contributed by atoms with van der Waals surface area (Å²) < 4.78 is 5.73. The molecule has 1 aromatic carbocycles. The van der Waals surface area contributed by atoms with E-state index in [-0.39, 0.29) is 6.04 Å². The van der Waals surface area contributed by atoms with Gasteiger partial charge in [-0.25, -0.2) is 0 Å². The van der Waals surface area contributed by atoms with Crippen molar-refractivity contribution >= 4 is 11.6 Å². The zero-order chi connectivity index (χ0) is 12.7. The van der Waals surface area contributed by atoms with Gasteiger partial charge in [-0.15, -0.1) is 6.58 Å². The Morgan fingerprint density at radius 3 is 2.94 bits per heavy atom. The molecule has 1 unspecified atom stereocenters. The minimum Gasteiger partial charge on any atom is -0.493 e. The summed E-state index contributed by atoms with van der Waals surface area (Å²) in [5.74, 6) is 0.893. The fourth-order valence-corrected chi connectivity index (χ4v) is 1.84.